The van der Waals surface area contributed by atoms with Crippen LogP contribution in [0.5, 0.6) is 0 Å². The van der Waals surface area contributed by atoms with Crippen molar-refractivity contribution in [1.82, 2.24) is 20.1 Å². The first-order valence-corrected chi connectivity index (χ1v) is 5.90. The fourth-order valence-electron chi connectivity index (χ4n) is 1.56. The van der Waals surface area contributed by atoms with Gasteiger partial charge >= 0.3 is 0 Å². The molecule has 0 radical (unpaired) electrons. The van der Waals surface area contributed by atoms with Crippen LogP contribution in [0.4, 0.5) is 0 Å². The highest BCUT2D eigenvalue weighted by atomic mass is 16.5. The molecule has 0 amide bonds. The van der Waals surface area contributed by atoms with E-state index in [2.05, 4.69) is 22.3 Å². The van der Waals surface area contributed by atoms with E-state index in [1.54, 1.807) is 20.5 Å². The summed E-state index contributed by atoms with van der Waals surface area (Å²) < 4.78 is 12.2. The van der Waals surface area contributed by atoms with E-state index in [0.717, 1.165) is 25.3 Å². The summed E-state index contributed by atoms with van der Waals surface area (Å²) >= 11 is 0. The number of aryl methyl sites for hydroxylation is 1. The molecule has 0 aliphatic carbocycles. The number of nitrogens with one attached hydrogen (secondary N) is 1. The first-order valence-electron chi connectivity index (χ1n) is 5.90. The molecule has 1 rings (SSSR count). The first-order chi connectivity index (χ1) is 8.31. The summed E-state index contributed by atoms with van der Waals surface area (Å²) in [6, 6.07) is 0. The maximum absolute atomic E-state index is 5.26. The van der Waals surface area contributed by atoms with Gasteiger partial charge in [0.2, 0.25) is 0 Å². The second kappa shape index (κ2) is 8.16. The Hall–Kier alpha value is -0.980. The van der Waals surface area contributed by atoms with Crippen LogP contribution in [0.15, 0.2) is 6.33 Å². The predicted octanol–water partition coefficient (Wildman–Crippen LogP) is 0.439. The summed E-state index contributed by atoms with van der Waals surface area (Å²) in [5.74, 6) is 0.958. The van der Waals surface area contributed by atoms with Gasteiger partial charge in [-0.25, -0.2) is 9.67 Å². The molecule has 1 unspecified atom stereocenters. The second-order valence-electron chi connectivity index (χ2n) is 3.84. The van der Waals surface area contributed by atoms with Crippen molar-refractivity contribution in [2.45, 2.75) is 32.5 Å². The van der Waals surface area contributed by atoms with E-state index >= 15 is 0 Å². The van der Waals surface area contributed by atoms with Gasteiger partial charge in [-0.15, -0.1) is 0 Å². The summed E-state index contributed by atoms with van der Waals surface area (Å²) in [6.07, 6.45) is 2.72. The van der Waals surface area contributed by atoms with E-state index in [1.807, 2.05) is 4.68 Å². The average molecular weight is 242 g/mol. The largest absolute Gasteiger partial charge is 0.382 e. The normalized spacial score (nSPS) is 12.9. The lowest BCUT2D eigenvalue weighted by atomic mass is 10.3. The minimum atomic E-state index is 0.0718. The van der Waals surface area contributed by atoms with Crippen LogP contribution in [0, 0.1) is 0 Å². The van der Waals surface area contributed by atoms with Gasteiger partial charge in [-0.3, -0.25) is 0 Å². The van der Waals surface area contributed by atoms with Crippen LogP contribution in [0.1, 0.15) is 19.2 Å². The minimum absolute atomic E-state index is 0.0718. The monoisotopic (exact) mass is 242 g/mol. The van der Waals surface area contributed by atoms with Crippen LogP contribution in [0.3, 0.4) is 0 Å². The van der Waals surface area contributed by atoms with Crippen molar-refractivity contribution in [3.8, 4) is 0 Å². The number of hydrogen-bond donors (Lipinski definition) is 1. The van der Waals surface area contributed by atoms with Crippen molar-refractivity contribution in [3.63, 3.8) is 0 Å². The number of ether oxygens (including phenoxy) is 2. The zero-order valence-corrected chi connectivity index (χ0v) is 10.8. The number of aromatic nitrogens is 3. The van der Waals surface area contributed by atoms with Crippen molar-refractivity contribution < 1.29 is 9.47 Å². The molecule has 17 heavy (non-hydrogen) atoms. The van der Waals surface area contributed by atoms with Crippen molar-refractivity contribution >= 4 is 0 Å². The highest BCUT2D eigenvalue weighted by Crippen LogP contribution is 1.96. The molecule has 0 saturated carbocycles. The summed E-state index contributed by atoms with van der Waals surface area (Å²) in [7, 11) is 3.36. The van der Waals surface area contributed by atoms with Crippen LogP contribution < -0.4 is 5.32 Å². The van der Waals surface area contributed by atoms with Gasteiger partial charge in [0.05, 0.1) is 19.3 Å². The molecule has 1 heterocycles. The van der Waals surface area contributed by atoms with Gasteiger partial charge in [0.15, 0.2) is 0 Å². The summed E-state index contributed by atoms with van der Waals surface area (Å²) in [6.45, 7) is 5.05. The lowest BCUT2D eigenvalue weighted by molar-refractivity contribution is 0.0286. The molecular weight excluding hydrogens is 220 g/mol. The Morgan fingerprint density at radius 3 is 2.94 bits per heavy atom. The molecule has 0 spiro atoms. The van der Waals surface area contributed by atoms with Crippen molar-refractivity contribution in [2.75, 3.05) is 27.4 Å². The molecule has 1 aromatic heterocycles. The molecule has 0 bridgehead atoms. The minimum Gasteiger partial charge on any atom is -0.382 e. The van der Waals surface area contributed by atoms with E-state index in [4.69, 9.17) is 9.47 Å². The molecule has 0 aliphatic heterocycles. The van der Waals surface area contributed by atoms with Crippen molar-refractivity contribution in [1.29, 1.82) is 0 Å². The van der Waals surface area contributed by atoms with Crippen LogP contribution in [0.2, 0.25) is 0 Å². The van der Waals surface area contributed by atoms with Crippen LogP contribution in [0.25, 0.3) is 0 Å². The van der Waals surface area contributed by atoms with Crippen molar-refractivity contribution in [2.24, 2.45) is 0 Å². The molecule has 1 N–H and O–H groups in total. The second-order valence-corrected chi connectivity index (χ2v) is 3.84. The highest BCUT2D eigenvalue weighted by molar-refractivity contribution is 4.83. The predicted molar refractivity (Wildman–Crippen MR) is 64.7 cm³/mol. The molecule has 0 aliphatic rings. The standard InChI is InChI=1S/C11H22N4O2/c1-4-5-15-11(13-9-14-15)7-12-6-10(17-3)8-16-2/h9-10,12H,4-8H2,1-3H3. The van der Waals surface area contributed by atoms with Gasteiger partial charge in [-0.05, 0) is 6.42 Å². The number of hydrogen-bond acceptors (Lipinski definition) is 5. The van der Waals surface area contributed by atoms with Gasteiger partial charge in [-0.1, -0.05) is 6.92 Å². The molecule has 0 aromatic carbocycles. The molecule has 0 saturated heterocycles. The zero-order chi connectivity index (χ0) is 12.5. The van der Waals surface area contributed by atoms with E-state index in [9.17, 15) is 0 Å². The average Bonchev–Trinajstić information content (AvgIpc) is 2.76. The Morgan fingerprint density at radius 2 is 2.29 bits per heavy atom. The molecule has 0 fully saturated rings. The molecule has 6 nitrogen and oxygen atoms in total. The van der Waals surface area contributed by atoms with Crippen molar-refractivity contribution in [3.05, 3.63) is 12.2 Å². The Kier molecular flexibility index (Phi) is 6.76. The van der Waals surface area contributed by atoms with Gasteiger partial charge in [0, 0.05) is 27.3 Å². The maximum atomic E-state index is 5.26. The quantitative estimate of drug-likeness (QED) is 0.681. The third-order valence-corrected chi connectivity index (χ3v) is 2.47. The summed E-state index contributed by atoms with van der Waals surface area (Å²) in [5, 5.41) is 7.46. The molecule has 98 valence electrons. The summed E-state index contributed by atoms with van der Waals surface area (Å²) in [5.41, 5.74) is 0. The van der Waals surface area contributed by atoms with E-state index in [1.165, 1.54) is 0 Å². The number of methoxy groups -OCH3 is 2. The first kappa shape index (κ1) is 14.1. The van der Waals surface area contributed by atoms with Crippen LogP contribution >= 0.6 is 0 Å². The van der Waals surface area contributed by atoms with Gasteiger partial charge in [-0.2, -0.15) is 5.10 Å². The fourth-order valence-corrected chi connectivity index (χ4v) is 1.56. The van der Waals surface area contributed by atoms with E-state index in [0.29, 0.717) is 13.2 Å². The fraction of sp³-hybridized carbons (Fsp3) is 0.818. The Bertz CT molecular complexity index is 303. The number of nitrogens with zero attached hydrogens (tertiary/aromatic N) is 3. The van der Waals surface area contributed by atoms with Gasteiger partial charge in [0.25, 0.3) is 0 Å². The van der Waals surface area contributed by atoms with Crippen LogP contribution in [-0.4, -0.2) is 48.2 Å². The SMILES string of the molecule is CCCn1ncnc1CNCC(COC)OC. The topological polar surface area (TPSA) is 61.2 Å². The third kappa shape index (κ3) is 4.80. The Labute approximate surface area is 102 Å². The lowest BCUT2D eigenvalue weighted by Crippen LogP contribution is -2.32. The van der Waals surface area contributed by atoms with E-state index < -0.39 is 0 Å². The molecule has 6 heteroatoms. The van der Waals surface area contributed by atoms with Crippen LogP contribution in [-0.2, 0) is 22.6 Å². The maximum Gasteiger partial charge on any atom is 0.140 e. The zero-order valence-electron chi connectivity index (χ0n) is 10.8. The Morgan fingerprint density at radius 1 is 1.47 bits per heavy atom. The smallest absolute Gasteiger partial charge is 0.140 e. The van der Waals surface area contributed by atoms with Gasteiger partial charge < -0.3 is 14.8 Å². The van der Waals surface area contributed by atoms with E-state index in [-0.39, 0.29) is 6.10 Å². The lowest BCUT2D eigenvalue weighted by Gasteiger charge is -2.14. The summed E-state index contributed by atoms with van der Waals surface area (Å²) in [4.78, 5) is 4.22. The molecule has 1 atom stereocenters. The molecular formula is C11H22N4O2. The Balaban J connectivity index is 2.31. The molecule has 1 aromatic rings. The number of rotatable bonds is 9. The highest BCUT2D eigenvalue weighted by Gasteiger charge is 2.07. The van der Waals surface area contributed by atoms with Gasteiger partial charge in [0.1, 0.15) is 12.2 Å². The third-order valence-electron chi connectivity index (χ3n) is 2.47.